The van der Waals surface area contributed by atoms with Crippen molar-refractivity contribution in [3.63, 3.8) is 0 Å². The number of ether oxygens (including phenoxy) is 3. The smallest absolute Gasteiger partial charge is 0.478 e. The average Bonchev–Trinajstić information content (AvgIpc) is 1.59. The predicted octanol–water partition coefficient (Wildman–Crippen LogP) is 15.3. The Balaban J connectivity index is 0.000000160. The van der Waals surface area contributed by atoms with Crippen LogP contribution in [0.2, 0.25) is 15.1 Å². The van der Waals surface area contributed by atoms with Crippen molar-refractivity contribution in [2.45, 2.75) is 155 Å². The van der Waals surface area contributed by atoms with E-state index in [1.54, 1.807) is 24.3 Å². The number of hydrogen-bond acceptors (Lipinski definition) is 11. The first-order valence-electron chi connectivity index (χ1n) is 33.8. The number of aromatic carboxylic acids is 3. The Hall–Kier alpha value is -6.65. The molecule has 0 bridgehead atoms. The molecule has 17 nitrogen and oxygen atoms in total. The maximum absolute atomic E-state index is 12.6. The van der Waals surface area contributed by atoms with E-state index in [0.717, 1.165) is 156 Å². The molecule has 6 aromatic rings. The largest absolute Gasteiger partial charge is 0.488 e. The molecule has 9 aliphatic rings. The lowest BCUT2D eigenvalue weighted by Gasteiger charge is -2.34. The second-order valence-corrected chi connectivity index (χ2v) is 29.7. The molecule has 534 valence electrons. The number of carboxylic acids is 3. The molecule has 3 aliphatic carbocycles. The Bertz CT molecular complexity index is 3710. The Labute approximate surface area is 610 Å². The zero-order valence-corrected chi connectivity index (χ0v) is 57.8. The molecular formula is C78H92BBrCl3N3O14. The zero-order chi connectivity index (χ0) is 68.3. The summed E-state index contributed by atoms with van der Waals surface area (Å²) in [6.07, 6.45) is 15.2. The van der Waals surface area contributed by atoms with E-state index in [2.05, 4.69) is 88.7 Å². The molecule has 6 aromatic carbocycles. The molecule has 3 spiro atoms. The normalized spacial score (nSPS) is 22.9. The lowest BCUT2D eigenvalue weighted by molar-refractivity contribution is -0.143. The van der Waals surface area contributed by atoms with E-state index in [1.807, 2.05) is 26.8 Å². The van der Waals surface area contributed by atoms with E-state index in [0.29, 0.717) is 47.2 Å². The highest BCUT2D eigenvalue weighted by Crippen LogP contribution is 2.67. The zero-order valence-electron chi connectivity index (χ0n) is 53.9. The van der Waals surface area contributed by atoms with Crippen molar-refractivity contribution in [1.82, 2.24) is 14.7 Å². The van der Waals surface area contributed by atoms with Crippen LogP contribution in [-0.4, -0.2) is 160 Å². The fraction of sp³-hybridized carbons (Fsp3) is 0.462. The van der Waals surface area contributed by atoms with Crippen LogP contribution in [-0.2, 0) is 28.6 Å². The molecule has 9 fully saturated rings. The highest BCUT2D eigenvalue weighted by Gasteiger charge is 2.58. The van der Waals surface area contributed by atoms with Crippen LogP contribution in [0.25, 0.3) is 22.3 Å². The lowest BCUT2D eigenvalue weighted by Crippen LogP contribution is -2.44. The van der Waals surface area contributed by atoms with Gasteiger partial charge in [-0.15, -0.1) is 0 Å². The minimum Gasteiger partial charge on any atom is -0.478 e. The van der Waals surface area contributed by atoms with Crippen molar-refractivity contribution in [2.75, 3.05) is 59.1 Å². The van der Waals surface area contributed by atoms with Crippen LogP contribution in [0.4, 0.5) is 0 Å². The molecule has 6 aliphatic heterocycles. The molecule has 6 heterocycles. The molecular weight excluding hydrogens is 1400 g/mol. The third-order valence-corrected chi connectivity index (χ3v) is 23.4. The number of carbonyl (C=O) groups is 6. The quantitative estimate of drug-likeness (QED) is 0.0716. The molecule has 6 saturated heterocycles. The van der Waals surface area contributed by atoms with Crippen LogP contribution >= 0.6 is 50.7 Å². The van der Waals surface area contributed by atoms with Gasteiger partial charge in [0.05, 0.1) is 31.8 Å². The molecule has 6 atom stereocenters. The van der Waals surface area contributed by atoms with Gasteiger partial charge in [0.1, 0.15) is 18.3 Å². The topological polar surface area (TPSA) is 241 Å². The number of amides is 3. The van der Waals surface area contributed by atoms with Crippen LogP contribution in [0, 0.1) is 16.2 Å². The van der Waals surface area contributed by atoms with E-state index in [9.17, 15) is 39.0 Å². The fourth-order valence-corrected chi connectivity index (χ4v) is 16.5. The molecule has 100 heavy (non-hydrogen) atoms. The van der Waals surface area contributed by atoms with E-state index in [4.69, 9.17) is 64.2 Å². The van der Waals surface area contributed by atoms with Crippen molar-refractivity contribution < 1.29 is 68.3 Å². The average molecular weight is 1490 g/mol. The molecule has 5 N–H and O–H groups in total. The van der Waals surface area contributed by atoms with Crippen LogP contribution in [0.15, 0.2) is 132 Å². The molecule has 0 radical (unpaired) electrons. The number of likely N-dealkylation sites (tertiary alicyclic amines) is 3. The summed E-state index contributed by atoms with van der Waals surface area (Å²) in [4.78, 5) is 76.9. The van der Waals surface area contributed by atoms with Crippen molar-refractivity contribution in [3.8, 4) is 22.3 Å². The van der Waals surface area contributed by atoms with Gasteiger partial charge in [0.25, 0.3) is 17.7 Å². The number of nitrogens with zero attached hydrogens (tertiary/aromatic N) is 3. The Morgan fingerprint density at radius 1 is 0.410 bits per heavy atom. The molecule has 3 saturated carbocycles. The summed E-state index contributed by atoms with van der Waals surface area (Å²) in [5.74, 6) is -0.875. The van der Waals surface area contributed by atoms with Gasteiger partial charge in [-0.3, -0.25) is 14.4 Å². The summed E-state index contributed by atoms with van der Waals surface area (Å²) in [5, 5.41) is 45.3. The van der Waals surface area contributed by atoms with E-state index in [1.165, 1.54) is 48.1 Å². The minimum absolute atomic E-state index is 0. The fourth-order valence-electron chi connectivity index (χ4n) is 15.7. The number of hydrogen-bond donors (Lipinski definition) is 5. The second-order valence-electron chi connectivity index (χ2n) is 27.6. The van der Waals surface area contributed by atoms with Crippen LogP contribution in [0.3, 0.4) is 0 Å². The third-order valence-electron chi connectivity index (χ3n) is 21.9. The number of rotatable bonds is 12. The van der Waals surface area contributed by atoms with Gasteiger partial charge in [-0.2, -0.15) is 0 Å². The van der Waals surface area contributed by atoms with Crippen molar-refractivity contribution >= 4 is 98.9 Å². The highest BCUT2D eigenvalue weighted by atomic mass is 79.9. The number of carboxylic acid groups (broad SMARTS) is 3. The van der Waals surface area contributed by atoms with E-state index in [-0.39, 0.29) is 95.5 Å². The van der Waals surface area contributed by atoms with Crippen LogP contribution in [0.5, 0.6) is 0 Å². The Morgan fingerprint density at radius 2 is 0.690 bits per heavy atom. The van der Waals surface area contributed by atoms with Crippen molar-refractivity contribution in [3.05, 3.63) is 180 Å². The Kier molecular flexibility index (Phi) is 25.7. The van der Waals surface area contributed by atoms with E-state index < -0.39 is 25.0 Å². The standard InChI is InChI=1S/2C25H26ClNO4.C18H22BrNO2.C7H6BClO4.3CH4/c2*26-21-8-7-18(14-19(21)24(29)30)16-3-5-17(6-4-16)20-15-25(20)9-11-27(12-10-25)23(28)22-2-1-13-31-22;19-14-5-3-13(4-6-14)15-12-18(15)7-9-20(10-8-18)17(21)16-2-1-11-22-16;9-6-2-1-4(8(12)13)3-5(6)7(10)11;;;/h2*3-8,14,20,22H,1-2,9-13,15H2,(H,29,30);3-6,15-16H,1-2,7-12H2;1-3,12-13H,(H,10,11);3*1H4/t20-,22+;20-,22-;15?,16-;;;;/m011..../s1. The van der Waals surface area contributed by atoms with E-state index >= 15 is 0 Å². The maximum Gasteiger partial charge on any atom is 0.488 e. The summed E-state index contributed by atoms with van der Waals surface area (Å²) >= 11 is 21.0. The summed E-state index contributed by atoms with van der Waals surface area (Å²) in [7, 11) is -1.68. The molecule has 3 amide bonds. The van der Waals surface area contributed by atoms with Gasteiger partial charge in [-0.05, 0) is 223 Å². The second kappa shape index (κ2) is 33.2. The summed E-state index contributed by atoms with van der Waals surface area (Å²) in [5.41, 5.74) is 9.07. The van der Waals surface area contributed by atoms with Gasteiger partial charge < -0.3 is 54.3 Å². The van der Waals surface area contributed by atoms with Crippen molar-refractivity contribution in [2.24, 2.45) is 16.2 Å². The number of carbonyl (C=O) groups excluding carboxylic acids is 3. The SMILES string of the molecule is C.C.C.O=C(O)c1cc(-c2ccc([C@@H]3CC34CCN(C(=O)[C@H]3CCCO3)CC4)cc2)ccc1Cl.O=C(O)c1cc(-c2ccc([C@H]3CC34CCN(C(=O)[C@H]3CCCO3)CC4)cc2)ccc1Cl.O=C(O)c1cc(B(O)O)ccc1Cl.O=C([C@H]1CCCO1)N1CCC2(CC1)CC2c1ccc(Br)cc1. The van der Waals surface area contributed by atoms with Crippen molar-refractivity contribution in [1.29, 1.82) is 0 Å². The molecule has 15 rings (SSSR count). The van der Waals surface area contributed by atoms with Gasteiger partial charge in [-0.25, -0.2) is 14.4 Å². The molecule has 22 heteroatoms. The molecule has 1 unspecified atom stereocenters. The summed E-state index contributed by atoms with van der Waals surface area (Å²) in [6.45, 7) is 7.30. The number of halogens is 4. The first kappa shape index (κ1) is 77.5. The van der Waals surface area contributed by atoms with Gasteiger partial charge in [0.2, 0.25) is 0 Å². The van der Waals surface area contributed by atoms with Gasteiger partial charge >= 0.3 is 25.0 Å². The monoisotopic (exact) mass is 1490 g/mol. The minimum atomic E-state index is -1.68. The molecule has 0 aromatic heterocycles. The number of benzene rings is 6. The van der Waals surface area contributed by atoms with Gasteiger partial charge in [0.15, 0.2) is 0 Å². The summed E-state index contributed by atoms with van der Waals surface area (Å²) in [6, 6.07) is 39.6. The van der Waals surface area contributed by atoms with Gasteiger partial charge in [0, 0.05) is 63.6 Å². The van der Waals surface area contributed by atoms with Crippen LogP contribution in [0.1, 0.15) is 184 Å². The lowest BCUT2D eigenvalue weighted by atomic mass is 9.79. The maximum atomic E-state index is 12.6. The predicted molar refractivity (Wildman–Crippen MR) is 394 cm³/mol. The third kappa shape index (κ3) is 17.5. The first-order chi connectivity index (χ1) is 46.6. The van der Waals surface area contributed by atoms with Crippen LogP contribution < -0.4 is 5.46 Å². The van der Waals surface area contributed by atoms with Gasteiger partial charge in [-0.1, -0.05) is 152 Å². The summed E-state index contributed by atoms with van der Waals surface area (Å²) < 4.78 is 17.8. The number of piperidine rings is 3. The Morgan fingerprint density at radius 3 is 0.970 bits per heavy atom. The highest BCUT2D eigenvalue weighted by molar-refractivity contribution is 9.10. The first-order valence-corrected chi connectivity index (χ1v) is 35.7.